The van der Waals surface area contributed by atoms with E-state index >= 15 is 8.78 Å². The lowest BCUT2D eigenvalue weighted by molar-refractivity contribution is 0.0601. The second-order valence-electron chi connectivity index (χ2n) is 11.4. The van der Waals surface area contributed by atoms with Gasteiger partial charge >= 0.3 is 5.97 Å². The summed E-state index contributed by atoms with van der Waals surface area (Å²) in [6.45, 7) is -0.0165. The highest BCUT2D eigenvalue weighted by molar-refractivity contribution is 5.93. The van der Waals surface area contributed by atoms with Crippen LogP contribution < -0.4 is 4.74 Å². The lowest BCUT2D eigenvalue weighted by Gasteiger charge is -2.16. The fourth-order valence-corrected chi connectivity index (χ4v) is 5.44. The SMILES string of the molecule is COC(=O)c1ccc2nc(Cc3c(F)cc(-c4ccc(F)c(OCc5ccc(C#N)cc5F)n4)cc3F)n(CC3(CC#N)CC3)c2c1. The predicted molar refractivity (Wildman–Crippen MR) is 161 cm³/mol. The molecule has 8 nitrogen and oxygen atoms in total. The van der Waals surface area contributed by atoms with E-state index in [1.54, 1.807) is 22.8 Å². The van der Waals surface area contributed by atoms with Gasteiger partial charge in [0.15, 0.2) is 5.82 Å². The fourth-order valence-electron chi connectivity index (χ4n) is 5.44. The lowest BCUT2D eigenvalue weighted by Crippen LogP contribution is -2.15. The van der Waals surface area contributed by atoms with Crippen molar-refractivity contribution in [2.75, 3.05) is 7.11 Å². The minimum atomic E-state index is -0.889. The molecule has 0 unspecified atom stereocenters. The first kappa shape index (κ1) is 31.2. The number of pyridine rings is 1. The molecular formula is C35H25F4N5O3. The van der Waals surface area contributed by atoms with Gasteiger partial charge in [-0.15, -0.1) is 0 Å². The summed E-state index contributed by atoms with van der Waals surface area (Å²) in [7, 11) is 1.27. The number of aromatic nitrogens is 3. The third-order valence-corrected chi connectivity index (χ3v) is 8.29. The third-order valence-electron chi connectivity index (χ3n) is 8.29. The first-order valence-corrected chi connectivity index (χ1v) is 14.5. The van der Waals surface area contributed by atoms with Crippen LogP contribution in [0.5, 0.6) is 5.88 Å². The Labute approximate surface area is 266 Å². The van der Waals surface area contributed by atoms with Gasteiger partial charge in [-0.05, 0) is 67.4 Å². The van der Waals surface area contributed by atoms with E-state index in [9.17, 15) is 18.8 Å². The number of carbonyl (C=O) groups excluding carboxylic acids is 1. The van der Waals surface area contributed by atoms with Gasteiger partial charge in [-0.25, -0.2) is 32.3 Å². The van der Waals surface area contributed by atoms with Crippen LogP contribution in [-0.4, -0.2) is 27.6 Å². The molecule has 12 heteroatoms. The number of nitrogens with zero attached hydrogens (tertiary/aromatic N) is 5. The Morgan fingerprint density at radius 2 is 1.70 bits per heavy atom. The molecule has 2 aromatic heterocycles. The molecule has 236 valence electrons. The Balaban J connectivity index is 1.30. The molecule has 0 bridgehead atoms. The number of ether oxygens (including phenoxy) is 2. The number of nitriles is 2. The summed E-state index contributed by atoms with van der Waals surface area (Å²) in [4.78, 5) is 20.9. The number of hydrogen-bond acceptors (Lipinski definition) is 7. The van der Waals surface area contributed by atoms with Crippen LogP contribution in [0.25, 0.3) is 22.3 Å². The average Bonchev–Trinajstić information content (AvgIpc) is 3.75. The van der Waals surface area contributed by atoms with Crippen molar-refractivity contribution in [3.05, 3.63) is 112 Å². The Kier molecular flexibility index (Phi) is 8.35. The van der Waals surface area contributed by atoms with E-state index in [2.05, 4.69) is 16.0 Å². The molecule has 0 spiro atoms. The van der Waals surface area contributed by atoms with E-state index in [1.165, 1.54) is 25.3 Å². The van der Waals surface area contributed by atoms with Crippen LogP contribution in [0.3, 0.4) is 0 Å². The van der Waals surface area contributed by atoms with Crippen LogP contribution >= 0.6 is 0 Å². The van der Waals surface area contributed by atoms with Crippen molar-refractivity contribution >= 4 is 17.0 Å². The Morgan fingerprint density at radius 1 is 0.936 bits per heavy atom. The first-order chi connectivity index (χ1) is 22.6. The quantitative estimate of drug-likeness (QED) is 0.118. The van der Waals surface area contributed by atoms with Crippen LogP contribution in [0.1, 0.15) is 52.1 Å². The maximum Gasteiger partial charge on any atom is 0.337 e. The predicted octanol–water partition coefficient (Wildman–Crippen LogP) is 7.18. The number of methoxy groups -OCH3 is 1. The van der Waals surface area contributed by atoms with Crippen LogP contribution in [0.15, 0.2) is 60.7 Å². The minimum Gasteiger partial charge on any atom is -0.471 e. The zero-order valence-corrected chi connectivity index (χ0v) is 25.0. The van der Waals surface area contributed by atoms with Gasteiger partial charge in [0.2, 0.25) is 0 Å². The molecule has 0 saturated heterocycles. The maximum atomic E-state index is 15.6. The zero-order valence-electron chi connectivity index (χ0n) is 25.0. The number of imidazole rings is 1. The second-order valence-corrected chi connectivity index (χ2v) is 11.4. The van der Waals surface area contributed by atoms with Crippen molar-refractivity contribution in [1.29, 1.82) is 10.5 Å². The van der Waals surface area contributed by atoms with E-state index in [-0.39, 0.29) is 45.3 Å². The standard InChI is InChI=1S/C35H25F4N5O3/c1-46-34(45)21-4-6-30-31(15-21)44(19-35(8-9-35)10-11-40)32(42-30)16-24-27(38)13-23(14-28(24)39)29-7-5-25(36)33(43-29)47-18-22-3-2-20(17-41)12-26(22)37/h2-7,12-15H,8-10,16,18-19H2,1H3. The number of rotatable bonds is 10. The smallest absolute Gasteiger partial charge is 0.337 e. The normalized spacial score (nSPS) is 13.2. The maximum absolute atomic E-state index is 15.6. The van der Waals surface area contributed by atoms with Crippen LogP contribution in [0, 0.1) is 51.3 Å². The number of fused-ring (bicyclic) bond motifs is 1. The molecule has 5 aromatic rings. The van der Waals surface area contributed by atoms with E-state index in [4.69, 9.17) is 14.7 Å². The monoisotopic (exact) mass is 639 g/mol. The van der Waals surface area contributed by atoms with Crippen molar-refractivity contribution in [1.82, 2.24) is 14.5 Å². The highest BCUT2D eigenvalue weighted by Gasteiger charge is 2.43. The van der Waals surface area contributed by atoms with Crippen LogP contribution in [0.2, 0.25) is 0 Å². The summed E-state index contributed by atoms with van der Waals surface area (Å²) in [6, 6.07) is 17.0. The van der Waals surface area contributed by atoms with Crippen molar-refractivity contribution in [3.63, 3.8) is 0 Å². The molecule has 1 aliphatic rings. The Bertz CT molecular complexity index is 2110. The average molecular weight is 640 g/mol. The molecule has 1 fully saturated rings. The molecule has 6 rings (SSSR count). The van der Waals surface area contributed by atoms with Crippen molar-refractivity contribution in [3.8, 4) is 29.3 Å². The Morgan fingerprint density at radius 3 is 2.36 bits per heavy atom. The summed E-state index contributed by atoms with van der Waals surface area (Å²) < 4.78 is 72.1. The molecule has 0 N–H and O–H groups in total. The minimum absolute atomic E-state index is 0.0142. The molecule has 0 atom stereocenters. The molecule has 0 radical (unpaired) electrons. The molecule has 2 heterocycles. The highest BCUT2D eigenvalue weighted by Crippen LogP contribution is 2.50. The van der Waals surface area contributed by atoms with Gasteiger partial charge in [0, 0.05) is 41.5 Å². The molecular weight excluding hydrogens is 614 g/mol. The number of benzene rings is 3. The number of hydrogen-bond donors (Lipinski definition) is 0. The zero-order chi connectivity index (χ0) is 33.3. The van der Waals surface area contributed by atoms with E-state index in [0.29, 0.717) is 29.8 Å². The van der Waals surface area contributed by atoms with Gasteiger partial charge in [0.05, 0.1) is 47.1 Å². The summed E-state index contributed by atoms with van der Waals surface area (Å²) >= 11 is 0. The molecule has 0 aliphatic heterocycles. The summed E-state index contributed by atoms with van der Waals surface area (Å²) in [6.07, 6.45) is 1.70. The van der Waals surface area contributed by atoms with Gasteiger partial charge in [-0.2, -0.15) is 10.5 Å². The van der Waals surface area contributed by atoms with E-state index < -0.39 is 41.7 Å². The second kappa shape index (κ2) is 12.6. The first-order valence-electron chi connectivity index (χ1n) is 14.5. The summed E-state index contributed by atoms with van der Waals surface area (Å²) in [5, 5.41) is 18.3. The number of carbonyl (C=O) groups is 1. The number of esters is 1. The number of halogens is 4. The summed E-state index contributed by atoms with van der Waals surface area (Å²) in [5.74, 6) is -4.04. The topological polar surface area (TPSA) is 114 Å². The van der Waals surface area contributed by atoms with Crippen LogP contribution in [0.4, 0.5) is 17.6 Å². The van der Waals surface area contributed by atoms with Gasteiger partial charge in [-0.3, -0.25) is 0 Å². The van der Waals surface area contributed by atoms with Gasteiger partial charge < -0.3 is 14.0 Å². The van der Waals surface area contributed by atoms with Gasteiger partial charge in [0.1, 0.15) is 29.9 Å². The Hall–Kier alpha value is -5.75. The van der Waals surface area contributed by atoms with Crippen LogP contribution in [-0.2, 0) is 24.3 Å². The van der Waals surface area contributed by atoms with E-state index in [1.807, 2.05) is 6.07 Å². The van der Waals surface area contributed by atoms with Gasteiger partial charge in [0.25, 0.3) is 5.88 Å². The van der Waals surface area contributed by atoms with Gasteiger partial charge in [-0.1, -0.05) is 6.07 Å². The lowest BCUT2D eigenvalue weighted by atomic mass is 10.0. The summed E-state index contributed by atoms with van der Waals surface area (Å²) in [5.41, 5.74) is 1.02. The van der Waals surface area contributed by atoms with E-state index in [0.717, 1.165) is 37.1 Å². The molecule has 3 aromatic carbocycles. The molecule has 1 saturated carbocycles. The third kappa shape index (κ3) is 6.36. The van der Waals surface area contributed by atoms with Crippen molar-refractivity contribution in [2.45, 2.75) is 38.8 Å². The molecule has 0 amide bonds. The van der Waals surface area contributed by atoms with Crippen molar-refractivity contribution < 1.29 is 31.8 Å². The highest BCUT2D eigenvalue weighted by atomic mass is 19.1. The largest absolute Gasteiger partial charge is 0.471 e. The molecule has 47 heavy (non-hydrogen) atoms. The fraction of sp³-hybridized carbons (Fsp3) is 0.229. The van der Waals surface area contributed by atoms with Crippen molar-refractivity contribution in [2.24, 2.45) is 5.41 Å². The molecule has 1 aliphatic carbocycles.